The second-order valence-electron chi connectivity index (χ2n) is 10.8. The molecule has 41 heavy (non-hydrogen) atoms. The highest BCUT2D eigenvalue weighted by atomic mass is 127. The van der Waals surface area contributed by atoms with E-state index >= 15 is 0 Å². The fourth-order valence-electron chi connectivity index (χ4n) is 4.57. The topological polar surface area (TPSA) is 82.5 Å². The molecule has 1 aliphatic rings. The van der Waals surface area contributed by atoms with Crippen LogP contribution >= 0.6 is 24.2 Å². The summed E-state index contributed by atoms with van der Waals surface area (Å²) in [6.07, 6.45) is 1.46. The van der Waals surface area contributed by atoms with Crippen molar-refractivity contribution in [3.8, 4) is 0 Å². The Bertz CT molecular complexity index is 1410. The SMILES string of the molecule is CC1=[N+](c2ccc(NC(=O)[C@@H](Nc3cccc(CNC(=O)OC(C)(C)C)c3)c3ccccc3)cc2Cl)[C@H](S)CC1.[I-]. The van der Waals surface area contributed by atoms with E-state index < -0.39 is 17.7 Å². The molecule has 0 unspecified atom stereocenters. The number of carbonyl (C=O) groups excluding carboxylic acids is 2. The van der Waals surface area contributed by atoms with Crippen LogP contribution in [0.25, 0.3) is 0 Å². The van der Waals surface area contributed by atoms with Gasteiger partial charge in [-0.25, -0.2) is 4.79 Å². The Hall–Kier alpha value is -2.76. The molecule has 4 rings (SSSR count). The molecule has 0 fully saturated rings. The molecule has 1 heterocycles. The molecule has 0 spiro atoms. The first-order chi connectivity index (χ1) is 19.0. The van der Waals surface area contributed by atoms with Crippen molar-refractivity contribution in [2.75, 3.05) is 10.6 Å². The van der Waals surface area contributed by atoms with E-state index in [4.69, 9.17) is 16.3 Å². The number of halogens is 2. The van der Waals surface area contributed by atoms with Gasteiger partial charge in [0.25, 0.3) is 5.91 Å². The van der Waals surface area contributed by atoms with Crippen LogP contribution in [-0.2, 0) is 16.1 Å². The largest absolute Gasteiger partial charge is 1.00 e. The van der Waals surface area contributed by atoms with Gasteiger partial charge in [-0.05, 0) is 56.2 Å². The van der Waals surface area contributed by atoms with Crippen LogP contribution in [0.1, 0.15) is 57.7 Å². The maximum atomic E-state index is 13.6. The first-order valence-electron chi connectivity index (χ1n) is 13.3. The van der Waals surface area contributed by atoms with Gasteiger partial charge in [0.1, 0.15) is 16.7 Å². The highest BCUT2D eigenvalue weighted by Gasteiger charge is 2.31. The van der Waals surface area contributed by atoms with E-state index in [9.17, 15) is 9.59 Å². The number of ether oxygens (including phenoxy) is 1. The number of hydrogen-bond acceptors (Lipinski definition) is 5. The van der Waals surface area contributed by atoms with E-state index in [-0.39, 0.29) is 35.3 Å². The number of anilines is 2. The van der Waals surface area contributed by atoms with Crippen LogP contribution in [-0.4, -0.2) is 33.3 Å². The molecule has 2 amide bonds. The van der Waals surface area contributed by atoms with Crippen LogP contribution in [0.3, 0.4) is 0 Å². The molecule has 7 nitrogen and oxygen atoms in total. The Morgan fingerprint density at radius 2 is 1.78 bits per heavy atom. The molecule has 10 heteroatoms. The number of nitrogens with one attached hydrogen (secondary N) is 3. The molecule has 0 bridgehead atoms. The van der Waals surface area contributed by atoms with Gasteiger partial charge in [-0.15, -0.1) is 12.6 Å². The summed E-state index contributed by atoms with van der Waals surface area (Å²) < 4.78 is 7.45. The van der Waals surface area contributed by atoms with E-state index in [0.717, 1.165) is 35.3 Å². The van der Waals surface area contributed by atoms with Gasteiger partial charge in [0.15, 0.2) is 5.71 Å². The summed E-state index contributed by atoms with van der Waals surface area (Å²) in [6.45, 7) is 7.83. The molecule has 0 radical (unpaired) electrons. The highest BCUT2D eigenvalue weighted by Crippen LogP contribution is 2.34. The van der Waals surface area contributed by atoms with Crippen molar-refractivity contribution in [2.45, 2.75) is 64.1 Å². The molecular formula is C31H36ClIN4O3S. The number of amides is 2. The van der Waals surface area contributed by atoms with Gasteiger partial charge in [0.2, 0.25) is 11.1 Å². The van der Waals surface area contributed by atoms with Crippen LogP contribution in [0.5, 0.6) is 0 Å². The van der Waals surface area contributed by atoms with Gasteiger partial charge in [0, 0.05) is 43.8 Å². The van der Waals surface area contributed by atoms with Crippen molar-refractivity contribution >= 4 is 59.0 Å². The second-order valence-corrected chi connectivity index (χ2v) is 11.8. The minimum atomic E-state index is -0.676. The first-order valence-corrected chi connectivity index (χ1v) is 14.2. The van der Waals surface area contributed by atoms with Gasteiger partial charge in [-0.3, -0.25) is 4.79 Å². The summed E-state index contributed by atoms with van der Waals surface area (Å²) in [7, 11) is 0. The summed E-state index contributed by atoms with van der Waals surface area (Å²) in [5.41, 5.74) is 4.53. The summed E-state index contributed by atoms with van der Waals surface area (Å²) in [6, 6.07) is 21.9. The lowest BCUT2D eigenvalue weighted by atomic mass is 10.0. The molecule has 3 N–H and O–H groups in total. The van der Waals surface area contributed by atoms with Crippen LogP contribution in [0.2, 0.25) is 5.02 Å². The van der Waals surface area contributed by atoms with Crippen LogP contribution in [0.15, 0.2) is 72.8 Å². The Balaban J connectivity index is 0.00000462. The number of alkyl carbamates (subject to hydrolysis) is 1. The van der Waals surface area contributed by atoms with Gasteiger partial charge in [-0.2, -0.15) is 4.58 Å². The number of carbonyl (C=O) groups is 2. The minimum Gasteiger partial charge on any atom is -1.00 e. The van der Waals surface area contributed by atoms with E-state index in [1.807, 2.05) is 87.5 Å². The predicted molar refractivity (Wildman–Crippen MR) is 165 cm³/mol. The van der Waals surface area contributed by atoms with Crippen LogP contribution in [0.4, 0.5) is 21.9 Å². The van der Waals surface area contributed by atoms with Crippen LogP contribution in [0, 0.1) is 0 Å². The molecule has 3 aromatic carbocycles. The summed E-state index contributed by atoms with van der Waals surface area (Å²) in [5.74, 6) is -0.233. The smallest absolute Gasteiger partial charge is 0.407 e. The Kier molecular flexibility index (Phi) is 11.5. The number of benzene rings is 3. The van der Waals surface area contributed by atoms with Crippen molar-refractivity contribution in [2.24, 2.45) is 0 Å². The third-order valence-corrected chi connectivity index (χ3v) is 7.21. The normalized spacial score (nSPS) is 15.5. The molecule has 0 aromatic heterocycles. The van der Waals surface area contributed by atoms with E-state index in [0.29, 0.717) is 17.3 Å². The maximum absolute atomic E-state index is 13.6. The van der Waals surface area contributed by atoms with Crippen LogP contribution < -0.4 is 39.9 Å². The fraction of sp³-hybridized carbons (Fsp3) is 0.323. The van der Waals surface area contributed by atoms with Gasteiger partial charge < -0.3 is 44.7 Å². The number of thiol groups is 1. The standard InChI is InChI=1S/C31H35ClN4O3S.HI/c1-20-13-16-27(40)36(20)26-15-14-24(18-25(26)32)35-29(37)28(22-10-6-5-7-11-22)34-23-12-8-9-21(17-23)19-33-30(38)39-31(2,3)4;/h5-12,14-15,17-18,27-28,34H,13,16,19H2,1-4H3,(H2-,33,35,37,38,40);1H/t27-,28+;/m1./s1. The average molecular weight is 707 g/mol. The minimum absolute atomic E-state index is 0. The molecule has 3 aromatic rings. The zero-order valence-corrected chi connectivity index (χ0v) is 27.4. The third-order valence-electron chi connectivity index (χ3n) is 6.42. The lowest BCUT2D eigenvalue weighted by molar-refractivity contribution is -0.446. The monoisotopic (exact) mass is 706 g/mol. The van der Waals surface area contributed by atoms with Crippen molar-refractivity contribution < 1.29 is 42.9 Å². The summed E-state index contributed by atoms with van der Waals surface area (Å²) >= 11 is 11.3. The number of hydrogen-bond donors (Lipinski definition) is 4. The third kappa shape index (κ3) is 9.11. The van der Waals surface area contributed by atoms with Gasteiger partial charge in [-0.1, -0.05) is 54.1 Å². The van der Waals surface area contributed by atoms with Crippen molar-refractivity contribution in [1.29, 1.82) is 0 Å². The van der Waals surface area contributed by atoms with Crippen molar-refractivity contribution in [1.82, 2.24) is 5.32 Å². The van der Waals surface area contributed by atoms with E-state index in [1.165, 1.54) is 5.71 Å². The Morgan fingerprint density at radius 1 is 1.05 bits per heavy atom. The molecule has 1 aliphatic heterocycles. The molecule has 0 saturated heterocycles. The fourth-order valence-corrected chi connectivity index (χ4v) is 5.30. The molecule has 2 atom stereocenters. The number of nitrogens with zero attached hydrogens (tertiary/aromatic N) is 1. The summed E-state index contributed by atoms with van der Waals surface area (Å²) in [5, 5.41) is 9.77. The average Bonchev–Trinajstić information content (AvgIpc) is 3.23. The predicted octanol–water partition coefficient (Wildman–Crippen LogP) is 4.32. The Labute approximate surface area is 269 Å². The Morgan fingerprint density at radius 3 is 2.41 bits per heavy atom. The molecular weight excluding hydrogens is 671 g/mol. The van der Waals surface area contributed by atoms with E-state index in [2.05, 4.69) is 40.1 Å². The zero-order valence-electron chi connectivity index (χ0n) is 23.6. The molecule has 218 valence electrons. The van der Waals surface area contributed by atoms with Gasteiger partial charge in [0.05, 0.1) is 0 Å². The van der Waals surface area contributed by atoms with Crippen molar-refractivity contribution in [3.05, 3.63) is 88.9 Å². The second kappa shape index (κ2) is 14.4. The van der Waals surface area contributed by atoms with E-state index in [1.54, 1.807) is 6.07 Å². The lowest BCUT2D eigenvalue weighted by Crippen LogP contribution is -3.00. The number of rotatable bonds is 8. The first kappa shape index (κ1) is 32.8. The van der Waals surface area contributed by atoms with Gasteiger partial charge >= 0.3 is 6.09 Å². The maximum Gasteiger partial charge on any atom is 0.407 e. The summed E-state index contributed by atoms with van der Waals surface area (Å²) in [4.78, 5) is 25.7. The van der Waals surface area contributed by atoms with Crippen molar-refractivity contribution in [3.63, 3.8) is 0 Å². The molecule has 0 saturated carbocycles. The molecule has 0 aliphatic carbocycles. The lowest BCUT2D eigenvalue weighted by Gasteiger charge is -2.21. The highest BCUT2D eigenvalue weighted by molar-refractivity contribution is 7.80. The zero-order chi connectivity index (χ0) is 28.9. The quantitative estimate of drug-likeness (QED) is 0.160.